The smallest absolute Gasteiger partial charge is 0.229 e. The lowest BCUT2D eigenvalue weighted by molar-refractivity contribution is -0.117. The molecule has 1 heterocycles. The van der Waals surface area contributed by atoms with E-state index in [1.54, 1.807) is 0 Å². The molecule has 1 saturated carbocycles. The number of anilines is 1. The van der Waals surface area contributed by atoms with Crippen molar-refractivity contribution in [2.45, 2.75) is 12.3 Å². The van der Waals surface area contributed by atoms with E-state index < -0.39 is 0 Å². The van der Waals surface area contributed by atoms with Crippen molar-refractivity contribution in [3.63, 3.8) is 0 Å². The molecule has 4 heteroatoms. The summed E-state index contributed by atoms with van der Waals surface area (Å²) >= 11 is 6.21. The van der Waals surface area contributed by atoms with E-state index in [0.717, 1.165) is 27.9 Å². The number of pyridine rings is 1. The van der Waals surface area contributed by atoms with Crippen LogP contribution in [0.4, 0.5) is 5.82 Å². The summed E-state index contributed by atoms with van der Waals surface area (Å²) in [5, 5.41) is 4.72. The van der Waals surface area contributed by atoms with Crippen molar-refractivity contribution in [1.29, 1.82) is 0 Å². The molecule has 0 unspecified atom stereocenters. The largest absolute Gasteiger partial charge is 0.310 e. The van der Waals surface area contributed by atoms with E-state index in [9.17, 15) is 4.79 Å². The van der Waals surface area contributed by atoms with Gasteiger partial charge >= 0.3 is 0 Å². The molecule has 2 atom stereocenters. The topological polar surface area (TPSA) is 42.0 Å². The van der Waals surface area contributed by atoms with Crippen molar-refractivity contribution >= 4 is 34.2 Å². The summed E-state index contributed by atoms with van der Waals surface area (Å²) in [6.07, 6.45) is 0.836. The Kier molecular flexibility index (Phi) is 3.50. The minimum absolute atomic E-state index is 0.0118. The number of fused-ring (bicyclic) bond motifs is 1. The summed E-state index contributed by atoms with van der Waals surface area (Å²) in [5.74, 6) is 0.795. The van der Waals surface area contributed by atoms with Crippen LogP contribution in [0, 0.1) is 5.92 Å². The zero-order valence-electron chi connectivity index (χ0n) is 12.4. The number of carbonyl (C=O) groups is 1. The third-order valence-corrected chi connectivity index (χ3v) is 4.63. The van der Waals surface area contributed by atoms with Crippen LogP contribution >= 0.6 is 11.6 Å². The molecule has 23 heavy (non-hydrogen) atoms. The van der Waals surface area contributed by atoms with Crippen LogP contribution in [-0.4, -0.2) is 10.9 Å². The van der Waals surface area contributed by atoms with Gasteiger partial charge < -0.3 is 5.32 Å². The summed E-state index contributed by atoms with van der Waals surface area (Å²) in [5.41, 5.74) is 1.93. The van der Waals surface area contributed by atoms with Crippen LogP contribution in [0.2, 0.25) is 5.02 Å². The van der Waals surface area contributed by atoms with Gasteiger partial charge in [-0.1, -0.05) is 48.0 Å². The van der Waals surface area contributed by atoms with Gasteiger partial charge in [0.1, 0.15) is 5.82 Å². The van der Waals surface area contributed by atoms with Gasteiger partial charge in [0.2, 0.25) is 5.91 Å². The third-order valence-electron chi connectivity index (χ3n) is 4.28. The van der Waals surface area contributed by atoms with E-state index in [2.05, 4.69) is 10.3 Å². The Morgan fingerprint density at radius 3 is 2.70 bits per heavy atom. The van der Waals surface area contributed by atoms with Gasteiger partial charge in [0.15, 0.2) is 0 Å². The van der Waals surface area contributed by atoms with E-state index >= 15 is 0 Å². The van der Waals surface area contributed by atoms with E-state index in [1.165, 1.54) is 0 Å². The SMILES string of the molecule is O=C(Nc1ccc2ccccc2n1)[C@H]1C[C@H]1c1ccccc1Cl. The molecule has 2 aromatic carbocycles. The second-order valence-corrected chi connectivity index (χ2v) is 6.26. The van der Waals surface area contributed by atoms with Crippen molar-refractivity contribution < 1.29 is 4.79 Å². The zero-order valence-corrected chi connectivity index (χ0v) is 13.1. The van der Waals surface area contributed by atoms with E-state index in [4.69, 9.17) is 11.6 Å². The summed E-state index contributed by atoms with van der Waals surface area (Å²) in [4.78, 5) is 16.9. The van der Waals surface area contributed by atoms with Gasteiger partial charge in [-0.2, -0.15) is 0 Å². The molecule has 114 valence electrons. The van der Waals surface area contributed by atoms with Crippen LogP contribution in [0.25, 0.3) is 10.9 Å². The molecule has 3 aromatic rings. The molecule has 4 rings (SSSR count). The van der Waals surface area contributed by atoms with Gasteiger partial charge in [0, 0.05) is 16.3 Å². The molecular weight excluding hydrogens is 308 g/mol. The number of rotatable bonds is 3. The van der Waals surface area contributed by atoms with Crippen LogP contribution in [0.3, 0.4) is 0 Å². The summed E-state index contributed by atoms with van der Waals surface area (Å²) in [6.45, 7) is 0. The average Bonchev–Trinajstić information content (AvgIpc) is 3.36. The average molecular weight is 323 g/mol. The molecule has 1 aromatic heterocycles. The lowest BCUT2D eigenvalue weighted by Crippen LogP contribution is -2.15. The molecule has 3 nitrogen and oxygen atoms in total. The van der Waals surface area contributed by atoms with Crippen molar-refractivity contribution in [3.8, 4) is 0 Å². The van der Waals surface area contributed by atoms with Crippen LogP contribution in [-0.2, 0) is 4.79 Å². The molecular formula is C19H15ClN2O. The number of aromatic nitrogens is 1. The number of benzene rings is 2. The van der Waals surface area contributed by atoms with Gasteiger partial charge in [0.25, 0.3) is 0 Å². The first kappa shape index (κ1) is 14.2. The molecule has 1 aliphatic rings. The lowest BCUT2D eigenvalue weighted by Gasteiger charge is -2.06. The highest BCUT2D eigenvalue weighted by Crippen LogP contribution is 2.49. The maximum absolute atomic E-state index is 12.4. The second-order valence-electron chi connectivity index (χ2n) is 5.85. The van der Waals surface area contributed by atoms with Crippen LogP contribution < -0.4 is 5.32 Å². The van der Waals surface area contributed by atoms with Gasteiger partial charge in [-0.3, -0.25) is 4.79 Å². The highest BCUT2D eigenvalue weighted by molar-refractivity contribution is 6.31. The molecule has 1 amide bonds. The fourth-order valence-corrected chi connectivity index (χ4v) is 3.23. The molecule has 0 aliphatic heterocycles. The number of hydrogen-bond donors (Lipinski definition) is 1. The monoisotopic (exact) mass is 322 g/mol. The van der Waals surface area contributed by atoms with E-state index in [-0.39, 0.29) is 17.7 Å². The Bertz CT molecular complexity index is 893. The fraction of sp³-hybridized carbons (Fsp3) is 0.158. The number of hydrogen-bond acceptors (Lipinski definition) is 2. The summed E-state index contributed by atoms with van der Waals surface area (Å²) < 4.78 is 0. The molecule has 0 saturated heterocycles. The Morgan fingerprint density at radius 1 is 1.04 bits per heavy atom. The minimum Gasteiger partial charge on any atom is -0.310 e. The van der Waals surface area contributed by atoms with Crippen molar-refractivity contribution in [2.24, 2.45) is 5.92 Å². The standard InChI is InChI=1S/C19H15ClN2O/c20-16-7-3-2-6-13(16)14-11-15(14)19(23)22-18-10-9-12-5-1-4-8-17(12)21-18/h1-10,14-15H,11H2,(H,21,22,23)/t14-,15-/m0/s1. The number of nitrogens with zero attached hydrogens (tertiary/aromatic N) is 1. The van der Waals surface area contributed by atoms with E-state index in [1.807, 2.05) is 60.7 Å². The highest BCUT2D eigenvalue weighted by atomic mass is 35.5. The number of carbonyl (C=O) groups excluding carboxylic acids is 1. The predicted molar refractivity (Wildman–Crippen MR) is 92.7 cm³/mol. The molecule has 1 N–H and O–H groups in total. The van der Waals surface area contributed by atoms with E-state index in [0.29, 0.717) is 5.82 Å². The van der Waals surface area contributed by atoms with Gasteiger partial charge in [0.05, 0.1) is 5.52 Å². The molecule has 0 radical (unpaired) electrons. The normalized spacial score (nSPS) is 19.5. The Hall–Kier alpha value is -2.39. The minimum atomic E-state index is -0.0248. The molecule has 0 bridgehead atoms. The Morgan fingerprint density at radius 2 is 1.83 bits per heavy atom. The van der Waals surface area contributed by atoms with Gasteiger partial charge in [-0.05, 0) is 42.2 Å². The molecule has 0 spiro atoms. The summed E-state index contributed by atoms with van der Waals surface area (Å²) in [6, 6.07) is 19.4. The maximum Gasteiger partial charge on any atom is 0.229 e. The lowest BCUT2D eigenvalue weighted by atomic mass is 10.1. The van der Waals surface area contributed by atoms with Crippen LogP contribution in [0.15, 0.2) is 60.7 Å². The fourth-order valence-electron chi connectivity index (χ4n) is 2.96. The molecule has 1 aliphatic carbocycles. The number of nitrogens with one attached hydrogen (secondary N) is 1. The zero-order chi connectivity index (χ0) is 15.8. The quantitative estimate of drug-likeness (QED) is 0.764. The predicted octanol–water partition coefficient (Wildman–Crippen LogP) is 4.63. The number of para-hydroxylation sites is 1. The highest BCUT2D eigenvalue weighted by Gasteiger charge is 2.44. The first-order valence-electron chi connectivity index (χ1n) is 7.63. The van der Waals surface area contributed by atoms with Gasteiger partial charge in [-0.25, -0.2) is 4.98 Å². The van der Waals surface area contributed by atoms with Gasteiger partial charge in [-0.15, -0.1) is 0 Å². The Labute approximate surface area is 139 Å². The first-order valence-corrected chi connectivity index (χ1v) is 8.01. The first-order chi connectivity index (χ1) is 11.2. The number of halogens is 1. The van der Waals surface area contributed by atoms with Crippen molar-refractivity contribution in [1.82, 2.24) is 4.98 Å². The second kappa shape index (κ2) is 5.67. The van der Waals surface area contributed by atoms with Crippen molar-refractivity contribution in [3.05, 3.63) is 71.2 Å². The Balaban J connectivity index is 1.49. The van der Waals surface area contributed by atoms with Crippen molar-refractivity contribution in [2.75, 3.05) is 5.32 Å². The maximum atomic E-state index is 12.4. The van der Waals surface area contributed by atoms with Crippen LogP contribution in [0.5, 0.6) is 0 Å². The number of amides is 1. The van der Waals surface area contributed by atoms with Crippen LogP contribution in [0.1, 0.15) is 17.9 Å². The molecule has 1 fully saturated rings. The third kappa shape index (κ3) is 2.80. The summed E-state index contributed by atoms with van der Waals surface area (Å²) in [7, 11) is 0.